The van der Waals surface area contributed by atoms with Gasteiger partial charge in [0.2, 0.25) is 0 Å². The van der Waals surface area contributed by atoms with Crippen LogP contribution in [0, 0.1) is 6.92 Å². The van der Waals surface area contributed by atoms with Gasteiger partial charge in [-0.25, -0.2) is 4.98 Å². The van der Waals surface area contributed by atoms with Crippen LogP contribution in [0.1, 0.15) is 38.3 Å². The van der Waals surface area contributed by atoms with E-state index in [-0.39, 0.29) is 5.56 Å². The van der Waals surface area contributed by atoms with Crippen molar-refractivity contribution in [3.05, 3.63) is 51.4 Å². The van der Waals surface area contributed by atoms with E-state index in [1.807, 2.05) is 37.3 Å². The Balaban J connectivity index is 2.12. The van der Waals surface area contributed by atoms with Crippen LogP contribution >= 0.6 is 11.6 Å². The van der Waals surface area contributed by atoms with E-state index in [0.29, 0.717) is 28.4 Å². The Morgan fingerprint density at radius 1 is 1.21 bits per heavy atom. The molecule has 126 valence electrons. The minimum Gasteiger partial charge on any atom is -0.343 e. The third-order valence-corrected chi connectivity index (χ3v) is 4.43. The number of hydrogen-bond donors (Lipinski definition) is 1. The van der Waals surface area contributed by atoms with Crippen molar-refractivity contribution in [1.82, 2.24) is 14.5 Å². The lowest BCUT2D eigenvalue weighted by atomic mass is 10.1. The zero-order valence-corrected chi connectivity index (χ0v) is 14.9. The van der Waals surface area contributed by atoms with Crippen molar-refractivity contribution in [2.45, 2.75) is 46.1 Å². The quantitative estimate of drug-likeness (QED) is 0.645. The summed E-state index contributed by atoms with van der Waals surface area (Å²) in [6.07, 6.45) is 4.44. The van der Waals surface area contributed by atoms with E-state index in [2.05, 4.69) is 11.9 Å². The lowest BCUT2D eigenvalue weighted by Crippen LogP contribution is -2.23. The number of fused-ring (bicyclic) bond motifs is 1. The van der Waals surface area contributed by atoms with E-state index < -0.39 is 0 Å². The molecule has 0 unspecified atom stereocenters. The van der Waals surface area contributed by atoms with Crippen molar-refractivity contribution in [1.29, 1.82) is 0 Å². The molecule has 0 radical (unpaired) electrons. The second kappa shape index (κ2) is 7.22. The molecule has 0 saturated carbocycles. The monoisotopic (exact) mass is 343 g/mol. The molecule has 3 aromatic rings. The maximum Gasteiger partial charge on any atom is 0.263 e. The van der Waals surface area contributed by atoms with Gasteiger partial charge in [-0.05, 0) is 31.5 Å². The molecular weight excluding hydrogens is 322 g/mol. The van der Waals surface area contributed by atoms with Crippen LogP contribution in [0.25, 0.3) is 22.4 Å². The standard InChI is InChI=1S/C19H22ClN3O/c1-3-4-5-6-10-23-18(14-8-7-9-15(20)12-14)22-17-16(19(23)24)11-13(2)21-17/h7-9,11-12,21H,3-6,10H2,1-2H3. The molecule has 0 aliphatic rings. The Morgan fingerprint density at radius 3 is 2.79 bits per heavy atom. The number of nitrogens with one attached hydrogen (secondary N) is 1. The number of aryl methyl sites for hydroxylation is 1. The molecule has 0 fully saturated rings. The highest BCUT2D eigenvalue weighted by atomic mass is 35.5. The number of rotatable bonds is 6. The number of halogens is 1. The third-order valence-electron chi connectivity index (χ3n) is 4.20. The smallest absolute Gasteiger partial charge is 0.263 e. The summed E-state index contributed by atoms with van der Waals surface area (Å²) in [7, 11) is 0. The first-order chi connectivity index (χ1) is 11.6. The molecule has 0 atom stereocenters. The van der Waals surface area contributed by atoms with Crippen LogP contribution in [-0.2, 0) is 6.54 Å². The lowest BCUT2D eigenvalue weighted by molar-refractivity contribution is 0.572. The molecule has 0 aliphatic heterocycles. The summed E-state index contributed by atoms with van der Waals surface area (Å²) >= 11 is 6.13. The maximum absolute atomic E-state index is 13.0. The molecule has 0 saturated heterocycles. The number of nitrogens with zero attached hydrogens (tertiary/aromatic N) is 2. The molecular formula is C19H22ClN3O. The van der Waals surface area contributed by atoms with Gasteiger partial charge in [-0.3, -0.25) is 9.36 Å². The average Bonchev–Trinajstić information content (AvgIpc) is 2.94. The van der Waals surface area contributed by atoms with E-state index in [0.717, 1.165) is 24.1 Å². The number of hydrogen-bond acceptors (Lipinski definition) is 2. The highest BCUT2D eigenvalue weighted by Crippen LogP contribution is 2.22. The second-order valence-corrected chi connectivity index (χ2v) is 6.61. The zero-order chi connectivity index (χ0) is 17.1. The molecule has 3 rings (SSSR count). The number of H-pyrrole nitrogens is 1. The van der Waals surface area contributed by atoms with E-state index in [1.165, 1.54) is 12.8 Å². The average molecular weight is 344 g/mol. The first kappa shape index (κ1) is 16.8. The molecule has 2 aromatic heterocycles. The molecule has 24 heavy (non-hydrogen) atoms. The summed E-state index contributed by atoms with van der Waals surface area (Å²) in [5.41, 5.74) is 2.45. The summed E-state index contributed by atoms with van der Waals surface area (Å²) in [4.78, 5) is 20.8. The van der Waals surface area contributed by atoms with Gasteiger partial charge < -0.3 is 4.98 Å². The summed E-state index contributed by atoms with van der Waals surface area (Å²) in [6, 6.07) is 9.38. The van der Waals surface area contributed by atoms with E-state index >= 15 is 0 Å². The topological polar surface area (TPSA) is 50.7 Å². The van der Waals surface area contributed by atoms with Crippen LogP contribution in [0.3, 0.4) is 0 Å². The summed E-state index contributed by atoms with van der Waals surface area (Å²) < 4.78 is 1.79. The van der Waals surface area contributed by atoms with Crippen molar-refractivity contribution in [2.75, 3.05) is 0 Å². The fraction of sp³-hybridized carbons (Fsp3) is 0.368. The van der Waals surface area contributed by atoms with Gasteiger partial charge in [0.05, 0.1) is 5.39 Å². The van der Waals surface area contributed by atoms with Gasteiger partial charge in [0, 0.05) is 22.8 Å². The second-order valence-electron chi connectivity index (χ2n) is 6.18. The first-order valence-corrected chi connectivity index (χ1v) is 8.84. The van der Waals surface area contributed by atoms with Crippen LogP contribution in [0.4, 0.5) is 0 Å². The molecule has 5 heteroatoms. The summed E-state index contributed by atoms with van der Waals surface area (Å²) in [6.45, 7) is 4.79. The highest BCUT2D eigenvalue weighted by Gasteiger charge is 2.14. The predicted molar refractivity (Wildman–Crippen MR) is 99.7 cm³/mol. The maximum atomic E-state index is 13.0. The number of aromatic nitrogens is 3. The van der Waals surface area contributed by atoms with E-state index in [9.17, 15) is 4.79 Å². The van der Waals surface area contributed by atoms with Crippen molar-refractivity contribution in [3.8, 4) is 11.4 Å². The minimum absolute atomic E-state index is 0.0100. The van der Waals surface area contributed by atoms with Gasteiger partial charge in [-0.2, -0.15) is 0 Å². The van der Waals surface area contributed by atoms with Gasteiger partial charge in [0.1, 0.15) is 11.5 Å². The Labute approximate surface area is 146 Å². The van der Waals surface area contributed by atoms with Crippen LogP contribution in [0.2, 0.25) is 5.02 Å². The lowest BCUT2D eigenvalue weighted by Gasteiger charge is -2.12. The SMILES string of the molecule is CCCCCCn1c(-c2cccc(Cl)c2)nc2[nH]c(C)cc2c1=O. The number of aromatic amines is 1. The first-order valence-electron chi connectivity index (χ1n) is 8.46. The van der Waals surface area contributed by atoms with Crippen molar-refractivity contribution in [3.63, 3.8) is 0 Å². The molecule has 0 amide bonds. The Hall–Kier alpha value is -2.07. The highest BCUT2D eigenvalue weighted by molar-refractivity contribution is 6.30. The van der Waals surface area contributed by atoms with Crippen LogP contribution in [0.5, 0.6) is 0 Å². The van der Waals surface area contributed by atoms with E-state index in [1.54, 1.807) is 4.57 Å². The Morgan fingerprint density at radius 2 is 2.04 bits per heavy atom. The van der Waals surface area contributed by atoms with Crippen molar-refractivity contribution in [2.24, 2.45) is 0 Å². The van der Waals surface area contributed by atoms with E-state index in [4.69, 9.17) is 16.6 Å². The predicted octanol–water partition coefficient (Wildman–Crippen LogP) is 4.93. The molecule has 2 heterocycles. The minimum atomic E-state index is 0.0100. The fourth-order valence-electron chi connectivity index (χ4n) is 2.99. The van der Waals surface area contributed by atoms with Gasteiger partial charge in [-0.15, -0.1) is 0 Å². The molecule has 1 aromatic carbocycles. The summed E-state index contributed by atoms with van der Waals surface area (Å²) in [5.74, 6) is 0.674. The Bertz CT molecular complexity index is 911. The Kier molecular flexibility index (Phi) is 5.05. The van der Waals surface area contributed by atoms with Gasteiger partial charge in [-0.1, -0.05) is 49.9 Å². The van der Waals surface area contributed by atoms with Crippen LogP contribution < -0.4 is 5.56 Å². The fourth-order valence-corrected chi connectivity index (χ4v) is 3.18. The van der Waals surface area contributed by atoms with Gasteiger partial charge in [0.15, 0.2) is 0 Å². The zero-order valence-electron chi connectivity index (χ0n) is 14.1. The van der Waals surface area contributed by atoms with Crippen LogP contribution in [0.15, 0.2) is 35.1 Å². The normalized spacial score (nSPS) is 11.3. The number of unbranched alkanes of at least 4 members (excludes halogenated alkanes) is 3. The van der Waals surface area contributed by atoms with Gasteiger partial charge >= 0.3 is 0 Å². The van der Waals surface area contributed by atoms with Crippen molar-refractivity contribution >= 4 is 22.6 Å². The molecule has 0 spiro atoms. The third kappa shape index (κ3) is 3.39. The molecule has 0 aliphatic carbocycles. The van der Waals surface area contributed by atoms with Gasteiger partial charge in [0.25, 0.3) is 5.56 Å². The van der Waals surface area contributed by atoms with Crippen LogP contribution in [-0.4, -0.2) is 14.5 Å². The number of benzene rings is 1. The summed E-state index contributed by atoms with van der Waals surface area (Å²) in [5, 5.41) is 1.29. The van der Waals surface area contributed by atoms with Crippen molar-refractivity contribution < 1.29 is 0 Å². The molecule has 0 bridgehead atoms. The molecule has 1 N–H and O–H groups in total. The largest absolute Gasteiger partial charge is 0.343 e. The molecule has 4 nitrogen and oxygen atoms in total.